The molecule has 5 heteroatoms. The van der Waals surface area contributed by atoms with Crippen LogP contribution in [-0.2, 0) is 10.0 Å². The van der Waals surface area contributed by atoms with Crippen LogP contribution in [0.3, 0.4) is 0 Å². The minimum atomic E-state index is -3.07. The number of hydrogen-bond donors (Lipinski definition) is 2. The Bertz CT molecular complexity index is 293. The fourth-order valence-corrected chi connectivity index (χ4v) is 3.46. The van der Waals surface area contributed by atoms with Crippen LogP contribution in [0.1, 0.15) is 33.6 Å². The molecule has 0 aromatic rings. The summed E-state index contributed by atoms with van der Waals surface area (Å²) >= 11 is 0. The summed E-state index contributed by atoms with van der Waals surface area (Å²) in [6, 6.07) is 0.573. The molecule has 1 fully saturated rings. The van der Waals surface area contributed by atoms with Gasteiger partial charge in [0.05, 0.1) is 5.75 Å². The second-order valence-corrected chi connectivity index (χ2v) is 7.13. The van der Waals surface area contributed by atoms with E-state index in [2.05, 4.69) is 17.0 Å². The minimum Gasteiger partial charge on any atom is -0.314 e. The Kier molecular flexibility index (Phi) is 5.21. The van der Waals surface area contributed by atoms with Crippen molar-refractivity contribution in [2.45, 2.75) is 39.7 Å². The molecule has 1 aliphatic rings. The van der Waals surface area contributed by atoms with Crippen molar-refractivity contribution in [3.8, 4) is 0 Å². The van der Waals surface area contributed by atoms with Gasteiger partial charge in [0.25, 0.3) is 0 Å². The zero-order valence-electron chi connectivity index (χ0n) is 10.5. The average Bonchev–Trinajstić information content (AvgIpc) is 2.15. The van der Waals surface area contributed by atoms with Crippen LogP contribution in [0.4, 0.5) is 0 Å². The maximum Gasteiger partial charge on any atom is 0.211 e. The first-order chi connectivity index (χ1) is 7.39. The fraction of sp³-hybridized carbons (Fsp3) is 1.00. The van der Waals surface area contributed by atoms with E-state index in [9.17, 15) is 8.42 Å². The molecule has 96 valence electrons. The number of rotatable bonds is 5. The van der Waals surface area contributed by atoms with Gasteiger partial charge in [-0.05, 0) is 38.1 Å². The molecular formula is C11H24N2O2S. The van der Waals surface area contributed by atoms with Crippen molar-refractivity contribution in [3.05, 3.63) is 0 Å². The Balaban J connectivity index is 2.29. The van der Waals surface area contributed by atoms with Crippen LogP contribution < -0.4 is 10.0 Å². The Labute approximate surface area is 99.2 Å². The first kappa shape index (κ1) is 13.9. The lowest BCUT2D eigenvalue weighted by Crippen LogP contribution is -2.42. The SMILES string of the molecule is CC(C)CS(=O)(=O)NCC1CCC(C)NC1. The standard InChI is InChI=1S/C11H24N2O2S/c1-9(2)8-16(14,15)13-7-11-5-4-10(3)12-6-11/h9-13H,4-8H2,1-3H3. The van der Waals surface area contributed by atoms with Crippen molar-refractivity contribution in [1.82, 2.24) is 10.0 Å². The van der Waals surface area contributed by atoms with Gasteiger partial charge < -0.3 is 5.32 Å². The highest BCUT2D eigenvalue weighted by Crippen LogP contribution is 2.13. The highest BCUT2D eigenvalue weighted by atomic mass is 32.2. The predicted molar refractivity (Wildman–Crippen MR) is 66.8 cm³/mol. The monoisotopic (exact) mass is 248 g/mol. The van der Waals surface area contributed by atoms with Gasteiger partial charge in [0.2, 0.25) is 10.0 Å². The van der Waals surface area contributed by atoms with Crippen molar-refractivity contribution in [1.29, 1.82) is 0 Å². The molecule has 0 amide bonds. The van der Waals surface area contributed by atoms with Gasteiger partial charge in [-0.3, -0.25) is 0 Å². The second-order valence-electron chi connectivity index (χ2n) is 5.28. The third kappa shape index (κ3) is 5.27. The molecule has 0 aromatic heterocycles. The summed E-state index contributed by atoms with van der Waals surface area (Å²) in [5.41, 5.74) is 0. The summed E-state index contributed by atoms with van der Waals surface area (Å²) in [7, 11) is -3.07. The Morgan fingerprint density at radius 3 is 2.56 bits per heavy atom. The molecule has 1 rings (SSSR count). The molecule has 2 atom stereocenters. The number of nitrogens with one attached hydrogen (secondary N) is 2. The molecule has 1 aliphatic heterocycles. The maximum atomic E-state index is 11.6. The third-order valence-corrected chi connectivity index (χ3v) is 4.62. The first-order valence-corrected chi connectivity index (χ1v) is 7.75. The van der Waals surface area contributed by atoms with Gasteiger partial charge in [-0.2, -0.15) is 0 Å². The molecule has 0 radical (unpaired) electrons. The van der Waals surface area contributed by atoms with Gasteiger partial charge in [0.15, 0.2) is 0 Å². The average molecular weight is 248 g/mol. The highest BCUT2D eigenvalue weighted by molar-refractivity contribution is 7.89. The Hall–Kier alpha value is -0.130. The molecule has 0 spiro atoms. The van der Waals surface area contributed by atoms with Gasteiger partial charge in [-0.1, -0.05) is 13.8 Å². The van der Waals surface area contributed by atoms with E-state index in [4.69, 9.17) is 0 Å². The molecular weight excluding hydrogens is 224 g/mol. The largest absolute Gasteiger partial charge is 0.314 e. The fourth-order valence-electron chi connectivity index (χ4n) is 1.97. The van der Waals surface area contributed by atoms with Gasteiger partial charge >= 0.3 is 0 Å². The molecule has 1 heterocycles. The smallest absolute Gasteiger partial charge is 0.211 e. The van der Waals surface area contributed by atoms with Crippen molar-refractivity contribution in [3.63, 3.8) is 0 Å². The minimum absolute atomic E-state index is 0.182. The number of piperidine rings is 1. The zero-order valence-corrected chi connectivity index (χ0v) is 11.3. The molecule has 2 N–H and O–H groups in total. The number of hydrogen-bond acceptors (Lipinski definition) is 3. The molecule has 0 saturated carbocycles. The summed E-state index contributed by atoms with van der Waals surface area (Å²) < 4.78 is 25.9. The van der Waals surface area contributed by atoms with Crippen molar-refractivity contribution >= 4 is 10.0 Å². The van der Waals surface area contributed by atoms with Crippen LogP contribution in [0, 0.1) is 11.8 Å². The Morgan fingerprint density at radius 1 is 1.38 bits per heavy atom. The maximum absolute atomic E-state index is 11.6. The molecule has 0 aromatic carbocycles. The van der Waals surface area contributed by atoms with Crippen LogP contribution in [-0.4, -0.2) is 33.3 Å². The van der Waals surface area contributed by atoms with E-state index in [0.29, 0.717) is 18.5 Å². The molecule has 0 aliphatic carbocycles. The van der Waals surface area contributed by atoms with Crippen LogP contribution in [0.2, 0.25) is 0 Å². The molecule has 2 unspecified atom stereocenters. The zero-order chi connectivity index (χ0) is 12.2. The summed E-state index contributed by atoms with van der Waals surface area (Å²) in [6.45, 7) is 7.51. The van der Waals surface area contributed by atoms with Crippen LogP contribution in [0.5, 0.6) is 0 Å². The van der Waals surface area contributed by atoms with Gasteiger partial charge in [-0.15, -0.1) is 0 Å². The molecule has 4 nitrogen and oxygen atoms in total. The van der Waals surface area contributed by atoms with Crippen molar-refractivity contribution < 1.29 is 8.42 Å². The lowest BCUT2D eigenvalue weighted by Gasteiger charge is -2.27. The van der Waals surface area contributed by atoms with E-state index in [1.54, 1.807) is 0 Å². The summed E-state index contributed by atoms with van der Waals surface area (Å²) in [6.07, 6.45) is 2.24. The van der Waals surface area contributed by atoms with Gasteiger partial charge in [-0.25, -0.2) is 13.1 Å². The van der Waals surface area contributed by atoms with E-state index in [1.807, 2.05) is 13.8 Å². The van der Waals surface area contributed by atoms with Crippen molar-refractivity contribution in [2.24, 2.45) is 11.8 Å². The van der Waals surface area contributed by atoms with E-state index in [0.717, 1.165) is 19.4 Å². The third-order valence-electron chi connectivity index (χ3n) is 2.91. The predicted octanol–water partition coefficient (Wildman–Crippen LogP) is 0.950. The van der Waals surface area contributed by atoms with Gasteiger partial charge in [0.1, 0.15) is 0 Å². The van der Waals surface area contributed by atoms with E-state index < -0.39 is 10.0 Å². The topological polar surface area (TPSA) is 58.2 Å². The molecule has 0 bridgehead atoms. The van der Waals surface area contributed by atoms with E-state index >= 15 is 0 Å². The van der Waals surface area contributed by atoms with Crippen molar-refractivity contribution in [2.75, 3.05) is 18.8 Å². The first-order valence-electron chi connectivity index (χ1n) is 6.10. The van der Waals surface area contributed by atoms with Gasteiger partial charge in [0, 0.05) is 12.6 Å². The second kappa shape index (κ2) is 5.98. The Morgan fingerprint density at radius 2 is 2.06 bits per heavy atom. The normalized spacial score (nSPS) is 27.2. The lowest BCUT2D eigenvalue weighted by atomic mass is 9.96. The summed E-state index contributed by atoms with van der Waals surface area (Å²) in [5, 5.41) is 3.37. The highest BCUT2D eigenvalue weighted by Gasteiger charge is 2.20. The van der Waals surface area contributed by atoms with Crippen LogP contribution in [0.25, 0.3) is 0 Å². The summed E-state index contributed by atoms with van der Waals surface area (Å²) in [5.74, 6) is 0.851. The van der Waals surface area contributed by atoms with Crippen LogP contribution in [0.15, 0.2) is 0 Å². The van der Waals surface area contributed by atoms with E-state index in [1.165, 1.54) is 0 Å². The van der Waals surface area contributed by atoms with Crippen LogP contribution >= 0.6 is 0 Å². The van der Waals surface area contributed by atoms with E-state index in [-0.39, 0.29) is 11.7 Å². The lowest BCUT2D eigenvalue weighted by molar-refractivity contribution is 0.323. The number of sulfonamides is 1. The molecule has 16 heavy (non-hydrogen) atoms. The summed E-state index contributed by atoms with van der Waals surface area (Å²) in [4.78, 5) is 0. The quantitative estimate of drug-likeness (QED) is 0.761. The molecule has 1 saturated heterocycles.